The van der Waals surface area contributed by atoms with Crippen molar-refractivity contribution in [1.29, 1.82) is 0 Å². The first kappa shape index (κ1) is 26.0. The number of methoxy groups -OCH3 is 1. The van der Waals surface area contributed by atoms with Crippen LogP contribution in [0.3, 0.4) is 0 Å². The minimum Gasteiger partial charge on any atom is -0.459 e. The predicted molar refractivity (Wildman–Crippen MR) is 150 cm³/mol. The predicted octanol–water partition coefficient (Wildman–Crippen LogP) is 5.32. The Balaban J connectivity index is 1.52. The number of nitrogens with one attached hydrogen (secondary N) is 2. The number of nitro groups is 1. The van der Waals surface area contributed by atoms with Crippen molar-refractivity contribution in [3.05, 3.63) is 106 Å². The highest BCUT2D eigenvalue weighted by atomic mass is 32.1. The first-order valence-corrected chi connectivity index (χ1v) is 12.5. The SMILES string of the molecule is COCC(=O)Nc1ccc(N2C(=S)N[C@H](c3ccccn3)[C@H]2c2ccc(-c3ccc([N+](=O)[O-])cc3)o2)cc1C. The minimum absolute atomic E-state index is 0.00879. The van der Waals surface area contributed by atoms with Crippen molar-refractivity contribution in [2.45, 2.75) is 19.0 Å². The number of nitrogens with zero attached hydrogens (tertiary/aromatic N) is 3. The molecule has 2 aromatic carbocycles. The quantitative estimate of drug-likeness (QED) is 0.173. The second-order valence-electron chi connectivity index (χ2n) is 8.98. The lowest BCUT2D eigenvalue weighted by atomic mass is 10.0. The molecule has 11 heteroatoms. The van der Waals surface area contributed by atoms with Crippen LogP contribution < -0.4 is 15.5 Å². The van der Waals surface area contributed by atoms with Gasteiger partial charge in [0.1, 0.15) is 24.2 Å². The van der Waals surface area contributed by atoms with E-state index < -0.39 is 4.92 Å². The van der Waals surface area contributed by atoms with Crippen LogP contribution in [0.25, 0.3) is 11.3 Å². The van der Waals surface area contributed by atoms with Crippen LogP contribution in [0.1, 0.15) is 29.1 Å². The highest BCUT2D eigenvalue weighted by Crippen LogP contribution is 2.43. The third kappa shape index (κ3) is 5.35. The molecule has 198 valence electrons. The molecule has 1 amide bonds. The van der Waals surface area contributed by atoms with Crippen LogP contribution >= 0.6 is 12.2 Å². The number of hydrogen-bond acceptors (Lipinski definition) is 7. The summed E-state index contributed by atoms with van der Waals surface area (Å²) in [6.07, 6.45) is 1.73. The summed E-state index contributed by atoms with van der Waals surface area (Å²) in [5.74, 6) is 0.973. The number of benzene rings is 2. The molecule has 4 aromatic rings. The molecule has 0 spiro atoms. The van der Waals surface area contributed by atoms with E-state index in [1.165, 1.54) is 19.2 Å². The Morgan fingerprint density at radius 3 is 2.64 bits per heavy atom. The molecule has 2 N–H and O–H groups in total. The number of hydrogen-bond donors (Lipinski definition) is 2. The zero-order valence-electron chi connectivity index (χ0n) is 21.2. The Morgan fingerprint density at radius 1 is 1.18 bits per heavy atom. The zero-order valence-corrected chi connectivity index (χ0v) is 22.0. The van der Waals surface area contributed by atoms with Crippen LogP contribution in [0, 0.1) is 17.0 Å². The highest BCUT2D eigenvalue weighted by molar-refractivity contribution is 7.80. The molecule has 5 rings (SSSR count). The van der Waals surface area contributed by atoms with Crippen LogP contribution in [0.2, 0.25) is 0 Å². The van der Waals surface area contributed by atoms with Gasteiger partial charge in [0.25, 0.3) is 5.69 Å². The lowest BCUT2D eigenvalue weighted by Crippen LogP contribution is -2.29. The number of furan rings is 1. The molecule has 0 aliphatic carbocycles. The Morgan fingerprint density at radius 2 is 1.97 bits per heavy atom. The van der Waals surface area contributed by atoms with E-state index in [1.54, 1.807) is 18.3 Å². The maximum Gasteiger partial charge on any atom is 0.269 e. The second kappa shape index (κ2) is 11.0. The van der Waals surface area contributed by atoms with Crippen molar-refractivity contribution in [3.8, 4) is 11.3 Å². The fraction of sp³-hybridized carbons (Fsp3) is 0.179. The molecule has 2 atom stereocenters. The number of pyridine rings is 1. The van der Waals surface area contributed by atoms with Gasteiger partial charge in [0.05, 0.1) is 16.7 Å². The van der Waals surface area contributed by atoms with Gasteiger partial charge in [-0.2, -0.15) is 0 Å². The lowest BCUT2D eigenvalue weighted by Gasteiger charge is -2.26. The van der Waals surface area contributed by atoms with Crippen LogP contribution in [0.5, 0.6) is 0 Å². The van der Waals surface area contributed by atoms with E-state index in [2.05, 4.69) is 15.6 Å². The molecule has 0 bridgehead atoms. The summed E-state index contributed by atoms with van der Waals surface area (Å²) in [5.41, 5.74) is 3.86. The summed E-state index contributed by atoms with van der Waals surface area (Å²) >= 11 is 5.79. The first-order valence-electron chi connectivity index (χ1n) is 12.1. The number of carbonyl (C=O) groups excluding carboxylic acids is 1. The molecule has 39 heavy (non-hydrogen) atoms. The number of rotatable bonds is 8. The van der Waals surface area contributed by atoms with Crippen LogP contribution in [0.15, 0.2) is 83.4 Å². The number of anilines is 2. The third-order valence-corrected chi connectivity index (χ3v) is 6.73. The smallest absolute Gasteiger partial charge is 0.269 e. The monoisotopic (exact) mass is 543 g/mol. The van der Waals surface area contributed by atoms with Crippen LogP contribution in [0.4, 0.5) is 17.1 Å². The van der Waals surface area contributed by atoms with Gasteiger partial charge in [0, 0.05) is 42.4 Å². The first-order chi connectivity index (χ1) is 18.9. The van der Waals surface area contributed by atoms with Gasteiger partial charge in [-0.1, -0.05) is 6.07 Å². The largest absolute Gasteiger partial charge is 0.459 e. The average Bonchev–Trinajstić information content (AvgIpc) is 3.55. The van der Waals surface area contributed by atoms with Gasteiger partial charge in [-0.25, -0.2) is 0 Å². The summed E-state index contributed by atoms with van der Waals surface area (Å²) in [7, 11) is 1.47. The van der Waals surface area contributed by atoms with Gasteiger partial charge in [0.15, 0.2) is 5.11 Å². The molecule has 0 unspecified atom stereocenters. The highest BCUT2D eigenvalue weighted by Gasteiger charge is 2.42. The molecule has 2 aromatic heterocycles. The van der Waals surface area contributed by atoms with E-state index in [-0.39, 0.29) is 30.3 Å². The van der Waals surface area contributed by atoms with Crippen LogP contribution in [-0.2, 0) is 9.53 Å². The zero-order chi connectivity index (χ0) is 27.5. The third-order valence-electron chi connectivity index (χ3n) is 6.42. The van der Waals surface area contributed by atoms with E-state index in [0.29, 0.717) is 27.9 Å². The number of carbonyl (C=O) groups is 1. The summed E-state index contributed by atoms with van der Waals surface area (Å²) < 4.78 is 11.2. The maximum atomic E-state index is 12.0. The van der Waals surface area contributed by atoms with Crippen molar-refractivity contribution in [1.82, 2.24) is 10.3 Å². The molecule has 10 nitrogen and oxygen atoms in total. The van der Waals surface area contributed by atoms with E-state index in [1.807, 2.05) is 60.4 Å². The summed E-state index contributed by atoms with van der Waals surface area (Å²) in [4.78, 5) is 29.2. The number of aryl methyl sites for hydroxylation is 1. The molecule has 0 radical (unpaired) electrons. The molecule has 3 heterocycles. The Bertz CT molecular complexity index is 1520. The number of nitro benzene ring substituents is 1. The van der Waals surface area contributed by atoms with Crippen molar-refractivity contribution in [2.75, 3.05) is 23.9 Å². The van der Waals surface area contributed by atoms with Crippen molar-refractivity contribution < 1.29 is 18.9 Å². The van der Waals surface area contributed by atoms with Gasteiger partial charge in [-0.05, 0) is 79.3 Å². The van der Waals surface area contributed by atoms with Gasteiger partial charge in [0.2, 0.25) is 5.91 Å². The number of aromatic nitrogens is 1. The molecular weight excluding hydrogens is 518 g/mol. The number of amides is 1. The van der Waals surface area contributed by atoms with Gasteiger partial charge >= 0.3 is 0 Å². The lowest BCUT2D eigenvalue weighted by molar-refractivity contribution is -0.384. The maximum absolute atomic E-state index is 12.0. The molecule has 0 saturated carbocycles. The van der Waals surface area contributed by atoms with E-state index in [0.717, 1.165) is 16.9 Å². The van der Waals surface area contributed by atoms with Gasteiger partial charge in [-0.3, -0.25) is 19.9 Å². The molecular formula is C28H25N5O5S. The summed E-state index contributed by atoms with van der Waals surface area (Å²) in [6, 6.07) is 20.6. The van der Waals surface area contributed by atoms with Crippen molar-refractivity contribution >= 4 is 40.3 Å². The molecule has 1 aliphatic rings. The fourth-order valence-corrected chi connectivity index (χ4v) is 4.94. The second-order valence-corrected chi connectivity index (χ2v) is 9.37. The van der Waals surface area contributed by atoms with Crippen molar-refractivity contribution in [2.24, 2.45) is 0 Å². The minimum atomic E-state index is -0.436. The number of thiocarbonyl (C=S) groups is 1. The standard InChI is InChI=1S/C28H25N5O5S/c1-17-15-20(10-11-21(17)30-25(34)16-37-2)32-27(26(31-28(32)39)22-5-3-4-14-29-22)24-13-12-23(38-24)18-6-8-19(9-7-18)33(35)36/h3-15,26-27H,16H2,1-2H3,(H,30,34)(H,31,39)/t26-,27-/m1/s1. The summed E-state index contributed by atoms with van der Waals surface area (Å²) in [5, 5.41) is 17.8. The van der Waals surface area contributed by atoms with Gasteiger partial charge < -0.3 is 24.7 Å². The normalized spacial score (nSPS) is 16.7. The Hall–Kier alpha value is -4.61. The van der Waals surface area contributed by atoms with E-state index in [4.69, 9.17) is 21.4 Å². The molecule has 1 fully saturated rings. The number of non-ortho nitro benzene ring substituents is 1. The fourth-order valence-electron chi connectivity index (χ4n) is 4.59. The molecule has 1 saturated heterocycles. The van der Waals surface area contributed by atoms with Crippen molar-refractivity contribution in [3.63, 3.8) is 0 Å². The van der Waals surface area contributed by atoms with E-state index >= 15 is 0 Å². The van der Waals surface area contributed by atoms with E-state index in [9.17, 15) is 14.9 Å². The molecule has 1 aliphatic heterocycles. The Labute approximate surface area is 229 Å². The van der Waals surface area contributed by atoms with Gasteiger partial charge in [-0.15, -0.1) is 0 Å². The summed E-state index contributed by atoms with van der Waals surface area (Å²) in [6.45, 7) is 1.87. The Kier molecular flexibility index (Phi) is 7.35. The average molecular weight is 544 g/mol. The van der Waals surface area contributed by atoms with Crippen LogP contribution in [-0.4, -0.2) is 34.6 Å². The number of ether oxygens (including phenoxy) is 1. The topological polar surface area (TPSA) is 123 Å².